The van der Waals surface area contributed by atoms with E-state index in [4.69, 9.17) is 4.84 Å². The summed E-state index contributed by atoms with van der Waals surface area (Å²) in [6, 6.07) is 10.9. The number of benzene rings is 1. The molecular formula is C15H14N2O3S. The van der Waals surface area contributed by atoms with Gasteiger partial charge in [0.15, 0.2) is 6.04 Å². The molecule has 0 bridgehead atoms. The van der Waals surface area contributed by atoms with Gasteiger partial charge in [-0.25, -0.2) is 14.6 Å². The number of thiophene rings is 1. The molecule has 0 saturated heterocycles. The van der Waals surface area contributed by atoms with Gasteiger partial charge in [-0.2, -0.15) is 16.5 Å². The Morgan fingerprint density at radius 1 is 1.29 bits per heavy atom. The van der Waals surface area contributed by atoms with Gasteiger partial charge in [-0.1, -0.05) is 30.3 Å². The first-order valence-corrected chi connectivity index (χ1v) is 7.38. The van der Waals surface area contributed by atoms with Crippen molar-refractivity contribution in [2.45, 2.75) is 12.6 Å². The summed E-state index contributed by atoms with van der Waals surface area (Å²) >= 11 is 1.51. The van der Waals surface area contributed by atoms with E-state index in [0.717, 1.165) is 11.3 Å². The molecule has 1 aliphatic rings. The van der Waals surface area contributed by atoms with Gasteiger partial charge in [-0.15, -0.1) is 0 Å². The van der Waals surface area contributed by atoms with E-state index in [0.29, 0.717) is 6.61 Å². The monoisotopic (exact) mass is 302 g/mol. The summed E-state index contributed by atoms with van der Waals surface area (Å²) in [4.78, 5) is 17.1. The quantitative estimate of drug-likeness (QED) is 0.920. The molecule has 2 heterocycles. The molecule has 0 spiro atoms. The number of carboxylic acid groups (broad SMARTS) is 1. The van der Waals surface area contributed by atoms with Gasteiger partial charge in [-0.3, -0.25) is 0 Å². The van der Waals surface area contributed by atoms with Gasteiger partial charge in [0.2, 0.25) is 0 Å². The van der Waals surface area contributed by atoms with E-state index in [2.05, 4.69) is 0 Å². The van der Waals surface area contributed by atoms with E-state index in [1.165, 1.54) is 16.5 Å². The number of aliphatic carboxylic acids is 1. The van der Waals surface area contributed by atoms with Crippen molar-refractivity contribution < 1.29 is 14.7 Å². The second-order valence-electron chi connectivity index (χ2n) is 4.51. The van der Waals surface area contributed by atoms with Gasteiger partial charge in [0.05, 0.1) is 11.9 Å². The summed E-state index contributed by atoms with van der Waals surface area (Å²) in [5.41, 5.74) is 1.82. The second kappa shape index (κ2) is 5.99. The third kappa shape index (κ3) is 2.91. The first-order valence-electron chi connectivity index (χ1n) is 6.44. The Hall–Kier alpha value is -2.31. The second-order valence-corrected chi connectivity index (χ2v) is 5.29. The zero-order valence-corrected chi connectivity index (χ0v) is 11.9. The van der Waals surface area contributed by atoms with Crippen molar-refractivity contribution in [3.05, 3.63) is 65.0 Å². The molecule has 21 heavy (non-hydrogen) atoms. The summed E-state index contributed by atoms with van der Waals surface area (Å²) in [6.45, 7) is 0.373. The number of hydrogen-bond acceptors (Lipinski definition) is 5. The fourth-order valence-electron chi connectivity index (χ4n) is 2.10. The molecule has 3 rings (SSSR count). The van der Waals surface area contributed by atoms with Crippen LogP contribution in [0.5, 0.6) is 0 Å². The predicted octanol–water partition coefficient (Wildman–Crippen LogP) is 2.88. The third-order valence-corrected chi connectivity index (χ3v) is 3.77. The largest absolute Gasteiger partial charge is 0.479 e. The smallest absolute Gasteiger partial charge is 0.332 e. The highest BCUT2D eigenvalue weighted by molar-refractivity contribution is 7.08. The van der Waals surface area contributed by atoms with Crippen LogP contribution in [0.1, 0.15) is 5.56 Å². The van der Waals surface area contributed by atoms with Crippen LogP contribution >= 0.6 is 11.3 Å². The number of rotatable bonds is 5. The molecule has 1 aromatic carbocycles. The zero-order chi connectivity index (χ0) is 14.7. The summed E-state index contributed by atoms with van der Waals surface area (Å²) < 4.78 is 0. The highest BCUT2D eigenvalue weighted by Crippen LogP contribution is 2.28. The summed E-state index contributed by atoms with van der Waals surface area (Å²) in [5.74, 6) is -0.914. The Morgan fingerprint density at radius 3 is 2.76 bits per heavy atom. The molecule has 0 radical (unpaired) electrons. The molecule has 5 nitrogen and oxygen atoms in total. The molecule has 2 aromatic rings. The molecule has 1 atom stereocenters. The molecule has 108 valence electrons. The van der Waals surface area contributed by atoms with Crippen molar-refractivity contribution in [1.29, 1.82) is 0 Å². The van der Waals surface area contributed by atoms with Crippen LogP contribution in [-0.2, 0) is 16.2 Å². The topological polar surface area (TPSA) is 53.0 Å². The lowest BCUT2D eigenvalue weighted by Gasteiger charge is -2.31. The van der Waals surface area contributed by atoms with Gasteiger partial charge >= 0.3 is 5.97 Å². The van der Waals surface area contributed by atoms with Crippen LogP contribution in [0.2, 0.25) is 0 Å². The van der Waals surface area contributed by atoms with E-state index in [9.17, 15) is 9.90 Å². The maximum absolute atomic E-state index is 11.4. The SMILES string of the molecule is O=C(O)C1C=CN(OCc2ccccc2)N1c1ccsc1. The van der Waals surface area contributed by atoms with Gasteiger partial charge in [0.1, 0.15) is 6.61 Å². The first-order chi connectivity index (χ1) is 10.3. The van der Waals surface area contributed by atoms with E-state index in [1.807, 2.05) is 47.2 Å². The van der Waals surface area contributed by atoms with Crippen molar-refractivity contribution in [1.82, 2.24) is 5.17 Å². The maximum atomic E-state index is 11.4. The molecule has 1 aromatic heterocycles. The number of carbonyl (C=O) groups is 1. The summed E-state index contributed by atoms with van der Waals surface area (Å²) in [7, 11) is 0. The van der Waals surface area contributed by atoms with Crippen molar-refractivity contribution in [2.75, 3.05) is 5.01 Å². The molecule has 0 amide bonds. The molecule has 0 saturated carbocycles. The van der Waals surface area contributed by atoms with Crippen molar-refractivity contribution in [2.24, 2.45) is 0 Å². The minimum absolute atomic E-state index is 0.373. The number of carboxylic acids is 1. The third-order valence-electron chi connectivity index (χ3n) is 3.10. The zero-order valence-electron chi connectivity index (χ0n) is 11.1. The number of hydrogen-bond donors (Lipinski definition) is 1. The average molecular weight is 302 g/mol. The molecule has 1 aliphatic heterocycles. The number of hydrazine groups is 1. The Balaban J connectivity index is 1.74. The predicted molar refractivity (Wildman–Crippen MR) is 80.4 cm³/mol. The summed E-state index contributed by atoms with van der Waals surface area (Å²) in [5, 5.41) is 16.2. The van der Waals surface area contributed by atoms with Gasteiger partial charge in [0.25, 0.3) is 0 Å². The number of anilines is 1. The Bertz CT molecular complexity index is 628. The lowest BCUT2D eigenvalue weighted by Crippen LogP contribution is -2.44. The standard InChI is InChI=1S/C15H14N2O3S/c18-15(19)14-6-8-16(17(14)13-7-9-21-11-13)20-10-12-4-2-1-3-5-12/h1-9,11,14H,10H2,(H,18,19). The maximum Gasteiger partial charge on any atom is 0.332 e. The minimum atomic E-state index is -0.914. The number of nitrogens with zero attached hydrogens (tertiary/aromatic N) is 2. The fraction of sp³-hybridized carbons (Fsp3) is 0.133. The minimum Gasteiger partial charge on any atom is -0.479 e. The van der Waals surface area contributed by atoms with Crippen LogP contribution in [-0.4, -0.2) is 22.3 Å². The van der Waals surface area contributed by atoms with Crippen molar-refractivity contribution >= 4 is 23.0 Å². The fourth-order valence-corrected chi connectivity index (χ4v) is 2.72. The summed E-state index contributed by atoms with van der Waals surface area (Å²) in [6.07, 6.45) is 3.24. The number of hydroxylamine groups is 1. The lowest BCUT2D eigenvalue weighted by molar-refractivity contribution is -0.150. The molecule has 0 fully saturated rings. The van der Waals surface area contributed by atoms with E-state index in [1.54, 1.807) is 17.3 Å². The van der Waals surface area contributed by atoms with Crippen LogP contribution < -0.4 is 5.01 Å². The van der Waals surface area contributed by atoms with Gasteiger partial charge < -0.3 is 5.11 Å². The normalized spacial score (nSPS) is 17.4. The van der Waals surface area contributed by atoms with E-state index < -0.39 is 12.0 Å². The van der Waals surface area contributed by atoms with Crippen LogP contribution in [0.25, 0.3) is 0 Å². The highest BCUT2D eigenvalue weighted by Gasteiger charge is 2.33. The van der Waals surface area contributed by atoms with E-state index in [-0.39, 0.29) is 0 Å². The Kier molecular flexibility index (Phi) is 3.89. The Labute approximate surface area is 126 Å². The lowest BCUT2D eigenvalue weighted by atomic mass is 10.2. The van der Waals surface area contributed by atoms with Gasteiger partial charge in [0, 0.05) is 5.38 Å². The van der Waals surface area contributed by atoms with Crippen molar-refractivity contribution in [3.63, 3.8) is 0 Å². The molecular weight excluding hydrogens is 288 g/mol. The molecule has 0 aliphatic carbocycles. The van der Waals surface area contributed by atoms with Crippen LogP contribution in [0.3, 0.4) is 0 Å². The van der Waals surface area contributed by atoms with E-state index >= 15 is 0 Å². The Morgan fingerprint density at radius 2 is 2.10 bits per heavy atom. The van der Waals surface area contributed by atoms with Crippen LogP contribution in [0.15, 0.2) is 59.4 Å². The average Bonchev–Trinajstić information content (AvgIpc) is 3.15. The molecule has 1 N–H and O–H groups in total. The molecule has 6 heteroatoms. The highest BCUT2D eigenvalue weighted by atomic mass is 32.1. The van der Waals surface area contributed by atoms with Crippen LogP contribution in [0, 0.1) is 0 Å². The van der Waals surface area contributed by atoms with Gasteiger partial charge in [-0.05, 0) is 23.1 Å². The molecule has 1 unspecified atom stereocenters. The van der Waals surface area contributed by atoms with Crippen LogP contribution in [0.4, 0.5) is 5.69 Å². The first kappa shape index (κ1) is 13.7. The van der Waals surface area contributed by atoms with Crippen molar-refractivity contribution in [3.8, 4) is 0 Å².